The van der Waals surface area contributed by atoms with Gasteiger partial charge >= 0.3 is 0 Å². The van der Waals surface area contributed by atoms with E-state index in [2.05, 4.69) is 10.3 Å². The number of thioether (sulfide) groups is 1. The van der Waals surface area contributed by atoms with Crippen molar-refractivity contribution in [3.8, 4) is 11.3 Å². The quantitative estimate of drug-likeness (QED) is 0.458. The molecular formula is C21H13Cl2N3O3S2. The van der Waals surface area contributed by atoms with Crippen molar-refractivity contribution in [3.05, 3.63) is 74.4 Å². The predicted octanol–water partition coefficient (Wildman–Crippen LogP) is 5.79. The Hall–Kier alpha value is -2.65. The summed E-state index contributed by atoms with van der Waals surface area (Å²) < 4.78 is 0. The fraction of sp³-hybridized carbons (Fsp3) is 0.0476. The van der Waals surface area contributed by atoms with Crippen LogP contribution >= 0.6 is 46.3 Å². The summed E-state index contributed by atoms with van der Waals surface area (Å²) in [5, 5.41) is 5.01. The number of thiazole rings is 1. The molecule has 1 aliphatic heterocycles. The Morgan fingerprint density at radius 3 is 2.48 bits per heavy atom. The number of amides is 3. The van der Waals surface area contributed by atoms with E-state index in [0.29, 0.717) is 20.7 Å². The van der Waals surface area contributed by atoms with Gasteiger partial charge in [-0.3, -0.25) is 19.3 Å². The number of halogens is 2. The molecule has 1 N–H and O–H groups in total. The van der Waals surface area contributed by atoms with E-state index in [1.54, 1.807) is 18.2 Å². The van der Waals surface area contributed by atoms with Crippen LogP contribution in [0.2, 0.25) is 10.0 Å². The Labute approximate surface area is 195 Å². The van der Waals surface area contributed by atoms with Crippen molar-refractivity contribution in [3.63, 3.8) is 0 Å². The summed E-state index contributed by atoms with van der Waals surface area (Å²) in [4.78, 5) is 42.8. The van der Waals surface area contributed by atoms with Crippen molar-refractivity contribution >= 4 is 74.6 Å². The number of nitrogens with zero attached hydrogens (tertiary/aromatic N) is 2. The molecule has 3 amide bonds. The Morgan fingerprint density at radius 1 is 1.06 bits per heavy atom. The number of carbonyl (C=O) groups is 3. The Morgan fingerprint density at radius 2 is 1.77 bits per heavy atom. The van der Waals surface area contributed by atoms with Gasteiger partial charge in [0.15, 0.2) is 5.13 Å². The lowest BCUT2D eigenvalue weighted by Gasteiger charge is -2.11. The Kier molecular flexibility index (Phi) is 6.43. The molecule has 156 valence electrons. The molecule has 31 heavy (non-hydrogen) atoms. The molecule has 1 aromatic heterocycles. The number of nitrogens with one attached hydrogen (secondary N) is 1. The van der Waals surface area contributed by atoms with Crippen LogP contribution in [0.5, 0.6) is 0 Å². The van der Waals surface area contributed by atoms with Crippen molar-refractivity contribution < 1.29 is 14.4 Å². The first kappa shape index (κ1) is 21.6. The van der Waals surface area contributed by atoms with Crippen molar-refractivity contribution in [2.75, 3.05) is 11.9 Å². The van der Waals surface area contributed by atoms with Gasteiger partial charge < -0.3 is 5.32 Å². The van der Waals surface area contributed by atoms with Gasteiger partial charge in [0, 0.05) is 26.6 Å². The first-order valence-corrected chi connectivity index (χ1v) is 11.4. The monoisotopic (exact) mass is 489 g/mol. The fourth-order valence-corrected chi connectivity index (χ4v) is 4.85. The molecular weight excluding hydrogens is 477 g/mol. The molecule has 6 nitrogen and oxygen atoms in total. The molecule has 4 rings (SSSR count). The zero-order valence-corrected chi connectivity index (χ0v) is 18.8. The summed E-state index contributed by atoms with van der Waals surface area (Å²) in [6.07, 6.45) is 1.46. The molecule has 2 heterocycles. The van der Waals surface area contributed by atoms with Crippen LogP contribution in [0, 0.1) is 0 Å². The summed E-state index contributed by atoms with van der Waals surface area (Å²) in [6.45, 7) is -0.418. The van der Waals surface area contributed by atoms with Crippen molar-refractivity contribution in [2.45, 2.75) is 0 Å². The number of anilines is 1. The maximum atomic E-state index is 12.7. The molecule has 0 saturated carbocycles. The lowest BCUT2D eigenvalue weighted by molar-refractivity contribution is -0.127. The Bertz CT molecular complexity index is 1190. The van der Waals surface area contributed by atoms with Crippen LogP contribution < -0.4 is 5.32 Å². The van der Waals surface area contributed by atoms with Crippen molar-refractivity contribution in [2.24, 2.45) is 0 Å². The fourth-order valence-electron chi connectivity index (χ4n) is 2.79. The number of hydrogen-bond acceptors (Lipinski definition) is 6. The van der Waals surface area contributed by atoms with E-state index in [0.717, 1.165) is 27.9 Å². The largest absolute Gasteiger partial charge is 0.300 e. The van der Waals surface area contributed by atoms with Crippen LogP contribution in [0.25, 0.3) is 17.3 Å². The number of benzene rings is 2. The van der Waals surface area contributed by atoms with E-state index >= 15 is 0 Å². The number of aromatic nitrogens is 1. The average molecular weight is 490 g/mol. The highest BCUT2D eigenvalue weighted by Crippen LogP contribution is 2.35. The molecule has 0 aliphatic carbocycles. The number of rotatable bonds is 5. The molecule has 1 aliphatic rings. The second-order valence-electron chi connectivity index (χ2n) is 6.36. The minimum atomic E-state index is -0.578. The molecule has 3 aromatic rings. The second kappa shape index (κ2) is 9.23. The molecule has 1 saturated heterocycles. The van der Waals surface area contributed by atoms with Crippen molar-refractivity contribution in [1.29, 1.82) is 0 Å². The zero-order chi connectivity index (χ0) is 22.0. The van der Waals surface area contributed by atoms with E-state index < -0.39 is 23.6 Å². The maximum absolute atomic E-state index is 12.7. The lowest BCUT2D eigenvalue weighted by Crippen LogP contribution is -2.36. The third kappa shape index (κ3) is 4.83. The van der Waals surface area contributed by atoms with Crippen LogP contribution in [0.15, 0.2) is 58.8 Å². The average Bonchev–Trinajstić information content (AvgIpc) is 3.31. The lowest BCUT2D eigenvalue weighted by atomic mass is 10.2. The number of imide groups is 1. The van der Waals surface area contributed by atoms with Gasteiger partial charge in [-0.25, -0.2) is 4.98 Å². The highest BCUT2D eigenvalue weighted by atomic mass is 35.5. The second-order valence-corrected chi connectivity index (χ2v) is 9.02. The minimum absolute atomic E-state index is 0.147. The summed E-state index contributed by atoms with van der Waals surface area (Å²) in [5.41, 5.74) is 2.09. The molecule has 0 unspecified atom stereocenters. The smallest absolute Gasteiger partial charge is 0.294 e. The summed E-state index contributed by atoms with van der Waals surface area (Å²) in [7, 11) is 0. The van der Waals surface area contributed by atoms with E-state index in [-0.39, 0.29) is 4.91 Å². The summed E-state index contributed by atoms with van der Waals surface area (Å²) in [5.74, 6) is -1.10. The maximum Gasteiger partial charge on any atom is 0.294 e. The van der Waals surface area contributed by atoms with Gasteiger partial charge in [0.2, 0.25) is 5.91 Å². The number of carbonyl (C=O) groups excluding carboxylic acids is 3. The third-order valence-electron chi connectivity index (χ3n) is 4.27. The van der Waals surface area contributed by atoms with Crippen LogP contribution in [-0.4, -0.2) is 33.5 Å². The van der Waals surface area contributed by atoms with Crippen LogP contribution in [0.4, 0.5) is 9.93 Å². The van der Waals surface area contributed by atoms with Crippen LogP contribution in [0.3, 0.4) is 0 Å². The van der Waals surface area contributed by atoms with E-state index in [4.69, 9.17) is 23.2 Å². The Balaban J connectivity index is 1.44. The minimum Gasteiger partial charge on any atom is -0.300 e. The molecule has 0 atom stereocenters. The predicted molar refractivity (Wildman–Crippen MR) is 125 cm³/mol. The molecule has 2 aromatic carbocycles. The summed E-state index contributed by atoms with van der Waals surface area (Å²) >= 11 is 14.3. The summed E-state index contributed by atoms with van der Waals surface area (Å²) in [6, 6.07) is 14.5. The molecule has 10 heteroatoms. The van der Waals surface area contributed by atoms with Gasteiger partial charge in [-0.2, -0.15) is 0 Å². The van der Waals surface area contributed by atoms with Gasteiger partial charge in [0.1, 0.15) is 6.54 Å². The van der Waals surface area contributed by atoms with Gasteiger partial charge in [0.25, 0.3) is 11.1 Å². The molecule has 0 bridgehead atoms. The van der Waals surface area contributed by atoms with Crippen LogP contribution in [-0.2, 0) is 9.59 Å². The number of hydrogen-bond donors (Lipinski definition) is 1. The van der Waals surface area contributed by atoms with Gasteiger partial charge in [-0.1, -0.05) is 59.6 Å². The van der Waals surface area contributed by atoms with E-state index in [1.807, 2.05) is 35.7 Å². The molecule has 0 spiro atoms. The normalized spacial score (nSPS) is 15.0. The third-order valence-corrected chi connectivity index (χ3v) is 6.59. The highest BCUT2D eigenvalue weighted by molar-refractivity contribution is 8.18. The molecule has 0 radical (unpaired) electrons. The van der Waals surface area contributed by atoms with E-state index in [1.165, 1.54) is 17.4 Å². The molecule has 1 fully saturated rings. The van der Waals surface area contributed by atoms with Crippen molar-refractivity contribution in [1.82, 2.24) is 9.88 Å². The van der Waals surface area contributed by atoms with Gasteiger partial charge in [-0.05, 0) is 30.0 Å². The van der Waals surface area contributed by atoms with Crippen LogP contribution in [0.1, 0.15) is 5.56 Å². The first-order chi connectivity index (χ1) is 14.9. The SMILES string of the molecule is O=C(CN1C(=O)SC(=Cc2c(Cl)cccc2Cl)C1=O)Nc1nc(-c2ccccc2)cs1. The van der Waals surface area contributed by atoms with E-state index in [9.17, 15) is 14.4 Å². The standard InChI is InChI=1S/C21H13Cl2N3O3S2/c22-14-7-4-8-15(23)13(14)9-17-19(28)26(21(29)31-17)10-18(27)25-20-24-16(11-30-20)12-5-2-1-3-6-12/h1-9,11H,10H2,(H,24,25,27). The zero-order valence-electron chi connectivity index (χ0n) is 15.7. The topological polar surface area (TPSA) is 79.4 Å². The highest BCUT2D eigenvalue weighted by Gasteiger charge is 2.36. The van der Waals surface area contributed by atoms with Gasteiger partial charge in [-0.15, -0.1) is 11.3 Å². The first-order valence-electron chi connectivity index (χ1n) is 8.92. The van der Waals surface area contributed by atoms with Gasteiger partial charge in [0.05, 0.1) is 10.6 Å².